The average molecular weight is 638 g/mol. The SMILES string of the molecule is C=C(CCCC)N(Cc1ccc(-c2ccccc2S/N=C(N)\C(C)=C(\C)O)c(COCC)c1)C(=O)C1(C)CCCC1.CC.CC. The zero-order valence-corrected chi connectivity index (χ0v) is 30.3. The maximum atomic E-state index is 13.9. The van der Waals surface area contributed by atoms with Crippen LogP contribution in [0.2, 0.25) is 0 Å². The van der Waals surface area contributed by atoms with Gasteiger partial charge in [0.2, 0.25) is 5.91 Å². The van der Waals surface area contributed by atoms with Gasteiger partial charge in [-0.3, -0.25) is 4.79 Å². The van der Waals surface area contributed by atoms with Crippen LogP contribution >= 0.6 is 11.9 Å². The minimum absolute atomic E-state index is 0.154. The van der Waals surface area contributed by atoms with E-state index < -0.39 is 0 Å². The van der Waals surface area contributed by atoms with Crippen LogP contribution in [0.5, 0.6) is 0 Å². The third-order valence-electron chi connectivity index (χ3n) is 7.99. The van der Waals surface area contributed by atoms with Gasteiger partial charge in [0.1, 0.15) is 5.84 Å². The molecule has 2 aromatic rings. The van der Waals surface area contributed by atoms with Crippen molar-refractivity contribution in [3.05, 3.63) is 77.2 Å². The summed E-state index contributed by atoms with van der Waals surface area (Å²) in [5.41, 5.74) is 11.4. The number of unbranched alkanes of at least 4 members (excludes halogenated alkanes) is 1. The molecule has 250 valence electrons. The van der Waals surface area contributed by atoms with Gasteiger partial charge in [0.15, 0.2) is 0 Å². The molecular formula is C38H59N3O3S. The molecule has 1 fully saturated rings. The van der Waals surface area contributed by atoms with Crippen LogP contribution in [0.4, 0.5) is 0 Å². The molecule has 45 heavy (non-hydrogen) atoms. The lowest BCUT2D eigenvalue weighted by Gasteiger charge is -2.33. The Hall–Kier alpha value is -3.03. The van der Waals surface area contributed by atoms with Crippen LogP contribution in [0.15, 0.2) is 75.4 Å². The molecule has 0 spiro atoms. The van der Waals surface area contributed by atoms with Gasteiger partial charge in [0.05, 0.1) is 18.9 Å². The second kappa shape index (κ2) is 20.9. The highest BCUT2D eigenvalue weighted by atomic mass is 32.2. The van der Waals surface area contributed by atoms with Crippen molar-refractivity contribution in [3.8, 4) is 11.1 Å². The normalized spacial score (nSPS) is 14.4. The number of carbonyl (C=O) groups is 1. The van der Waals surface area contributed by atoms with E-state index in [1.165, 1.54) is 11.9 Å². The fourth-order valence-electron chi connectivity index (χ4n) is 5.18. The van der Waals surface area contributed by atoms with Crippen molar-refractivity contribution in [3.63, 3.8) is 0 Å². The number of nitrogens with two attached hydrogens (primary N) is 1. The Balaban J connectivity index is 0.00000243. The van der Waals surface area contributed by atoms with Crippen molar-refractivity contribution in [2.45, 2.75) is 125 Å². The largest absolute Gasteiger partial charge is 0.512 e. The van der Waals surface area contributed by atoms with Gasteiger partial charge in [0, 0.05) is 40.1 Å². The maximum Gasteiger partial charge on any atom is 0.232 e. The summed E-state index contributed by atoms with van der Waals surface area (Å²) < 4.78 is 10.4. The summed E-state index contributed by atoms with van der Waals surface area (Å²) in [5, 5.41) is 9.78. The lowest BCUT2D eigenvalue weighted by molar-refractivity contribution is -0.139. The van der Waals surface area contributed by atoms with Gasteiger partial charge in [-0.2, -0.15) is 4.40 Å². The summed E-state index contributed by atoms with van der Waals surface area (Å²) >= 11 is 1.28. The lowest BCUT2D eigenvalue weighted by Crippen LogP contribution is -2.40. The first kappa shape index (κ1) is 40.0. The van der Waals surface area contributed by atoms with Crippen molar-refractivity contribution in [2.24, 2.45) is 15.5 Å². The van der Waals surface area contributed by atoms with Gasteiger partial charge in [-0.1, -0.05) is 104 Å². The van der Waals surface area contributed by atoms with E-state index in [1.54, 1.807) is 13.8 Å². The highest BCUT2D eigenvalue weighted by Gasteiger charge is 2.39. The zero-order chi connectivity index (χ0) is 34.0. The number of allylic oxidation sites excluding steroid dienone is 2. The van der Waals surface area contributed by atoms with Crippen molar-refractivity contribution >= 4 is 23.7 Å². The summed E-state index contributed by atoms with van der Waals surface area (Å²) in [5.74, 6) is 0.645. The van der Waals surface area contributed by atoms with E-state index in [2.05, 4.69) is 49.1 Å². The molecule has 0 unspecified atom stereocenters. The molecule has 3 rings (SSSR count). The molecule has 0 saturated heterocycles. The third-order valence-corrected chi connectivity index (χ3v) is 8.83. The number of hydrogen-bond donors (Lipinski definition) is 2. The number of aliphatic hydroxyl groups excluding tert-OH is 1. The van der Waals surface area contributed by atoms with Crippen molar-refractivity contribution < 1.29 is 14.6 Å². The monoisotopic (exact) mass is 637 g/mol. The molecule has 3 N–H and O–H groups in total. The van der Waals surface area contributed by atoms with Gasteiger partial charge in [-0.15, -0.1) is 0 Å². The molecule has 1 aliphatic rings. The number of amides is 1. The number of ether oxygens (including phenoxy) is 1. The molecule has 6 nitrogen and oxygen atoms in total. The quantitative estimate of drug-likeness (QED) is 0.0931. The van der Waals surface area contributed by atoms with E-state index >= 15 is 0 Å². The highest BCUT2D eigenvalue weighted by molar-refractivity contribution is 7.98. The van der Waals surface area contributed by atoms with Crippen LogP contribution in [0, 0.1) is 5.41 Å². The minimum Gasteiger partial charge on any atom is -0.512 e. The Bertz CT molecular complexity index is 1270. The molecule has 7 heteroatoms. The minimum atomic E-state index is -0.316. The second-order valence-corrected chi connectivity index (χ2v) is 12.0. The Morgan fingerprint density at radius 3 is 2.31 bits per heavy atom. The van der Waals surface area contributed by atoms with Crippen molar-refractivity contribution in [1.29, 1.82) is 0 Å². The van der Waals surface area contributed by atoms with E-state index in [0.717, 1.165) is 77.8 Å². The number of hydrogen-bond acceptors (Lipinski definition) is 5. The first-order chi connectivity index (χ1) is 21.6. The molecule has 1 saturated carbocycles. The van der Waals surface area contributed by atoms with Crippen LogP contribution in [-0.4, -0.2) is 28.4 Å². The number of aliphatic hydroxyl groups is 1. The third kappa shape index (κ3) is 11.7. The van der Waals surface area contributed by atoms with Crippen LogP contribution in [0.3, 0.4) is 0 Å². The second-order valence-electron chi connectivity index (χ2n) is 11.2. The Morgan fingerprint density at radius 1 is 1.07 bits per heavy atom. The van der Waals surface area contributed by atoms with Gasteiger partial charge in [0.25, 0.3) is 0 Å². The van der Waals surface area contributed by atoms with Crippen LogP contribution in [-0.2, 0) is 22.7 Å². The summed E-state index contributed by atoms with van der Waals surface area (Å²) in [6, 6.07) is 14.5. The summed E-state index contributed by atoms with van der Waals surface area (Å²) in [4.78, 5) is 16.8. The van der Waals surface area contributed by atoms with Crippen molar-refractivity contribution in [2.75, 3.05) is 6.61 Å². The molecule has 0 bridgehead atoms. The van der Waals surface area contributed by atoms with Gasteiger partial charge in [-0.05, 0) is 74.8 Å². The molecule has 0 radical (unpaired) electrons. The van der Waals surface area contributed by atoms with Gasteiger partial charge < -0.3 is 20.5 Å². The van der Waals surface area contributed by atoms with Gasteiger partial charge in [-0.25, -0.2) is 0 Å². The predicted molar refractivity (Wildman–Crippen MR) is 194 cm³/mol. The number of benzene rings is 2. The topological polar surface area (TPSA) is 88.2 Å². The average Bonchev–Trinajstić information content (AvgIpc) is 3.52. The molecule has 1 amide bonds. The zero-order valence-electron chi connectivity index (χ0n) is 29.5. The molecule has 1 aliphatic carbocycles. The summed E-state index contributed by atoms with van der Waals surface area (Å²) in [6.07, 6.45) is 6.98. The van der Waals surface area contributed by atoms with E-state index in [0.29, 0.717) is 31.2 Å². The summed E-state index contributed by atoms with van der Waals surface area (Å²) in [6.45, 7) is 23.5. The Kier molecular flexibility index (Phi) is 18.6. The number of carbonyl (C=O) groups excluding carboxylic acids is 1. The fourth-order valence-corrected chi connectivity index (χ4v) is 5.93. The van der Waals surface area contributed by atoms with E-state index in [4.69, 9.17) is 10.5 Å². The molecule has 0 heterocycles. The standard InChI is InChI=1S/C34H47N3O3S.2C2H6/c1-7-9-14-24(3)37(33(39)34(6)19-12-13-20-34)22-27-17-18-29(28(21-27)23-40-8-2)30-15-10-11-16-31(30)41-36-32(35)25(4)26(5)38;2*1-2/h10-11,15-18,21,38H,3,7-9,12-14,19-20,22-23H2,1-2,4-6H3,(H2,35,36);2*1-2H3/b26-25-;;. The Morgan fingerprint density at radius 2 is 1.71 bits per heavy atom. The van der Waals surface area contributed by atoms with E-state index in [-0.39, 0.29) is 17.1 Å². The Labute approximate surface area is 278 Å². The number of rotatable bonds is 14. The molecule has 2 aromatic carbocycles. The summed E-state index contributed by atoms with van der Waals surface area (Å²) in [7, 11) is 0. The van der Waals surface area contributed by atoms with Crippen molar-refractivity contribution in [1.82, 2.24) is 4.90 Å². The fraction of sp³-hybridized carbons (Fsp3) is 0.526. The van der Waals surface area contributed by atoms with Crippen LogP contribution in [0.25, 0.3) is 11.1 Å². The highest BCUT2D eigenvalue weighted by Crippen LogP contribution is 2.41. The first-order valence-corrected chi connectivity index (χ1v) is 17.5. The van der Waals surface area contributed by atoms with E-state index in [1.807, 2.05) is 57.7 Å². The lowest BCUT2D eigenvalue weighted by atomic mass is 9.86. The maximum absolute atomic E-state index is 13.9. The molecule has 0 aliphatic heterocycles. The molecule has 0 atom stereocenters. The predicted octanol–water partition coefficient (Wildman–Crippen LogP) is 10.8. The van der Waals surface area contributed by atoms with E-state index in [9.17, 15) is 9.90 Å². The smallest absolute Gasteiger partial charge is 0.232 e. The van der Waals surface area contributed by atoms with Crippen LogP contribution in [0.1, 0.15) is 118 Å². The molecular weight excluding hydrogens is 579 g/mol. The molecule has 0 aromatic heterocycles. The number of amidine groups is 1. The first-order valence-electron chi connectivity index (χ1n) is 16.8. The number of nitrogens with zero attached hydrogens (tertiary/aromatic N) is 2. The van der Waals surface area contributed by atoms with Gasteiger partial charge >= 0.3 is 0 Å². The van der Waals surface area contributed by atoms with Crippen LogP contribution < -0.4 is 5.73 Å².